The van der Waals surface area contributed by atoms with Gasteiger partial charge in [-0.2, -0.15) is 0 Å². The third kappa shape index (κ3) is 10.7. The van der Waals surface area contributed by atoms with Gasteiger partial charge in [-0.3, -0.25) is 0 Å². The van der Waals surface area contributed by atoms with Crippen LogP contribution in [0.1, 0.15) is 116 Å². The number of rotatable bonds is 19. The van der Waals surface area contributed by atoms with Crippen molar-refractivity contribution in [3.63, 3.8) is 0 Å². The molecule has 0 aromatic heterocycles. The minimum Gasteiger partial charge on any atom is -0.541 e. The van der Waals surface area contributed by atoms with Crippen LogP contribution in [0, 0.1) is 0 Å². The second-order valence-electron chi connectivity index (χ2n) is 16.1. The molecular formula is C40H66O6Si2. The molecule has 6 nitrogen and oxygen atoms in total. The number of benzene rings is 2. The summed E-state index contributed by atoms with van der Waals surface area (Å²) < 4.78 is 26.3. The van der Waals surface area contributed by atoms with Crippen LogP contribution in [0.4, 0.5) is 0 Å². The Hall–Kier alpha value is -2.53. The van der Waals surface area contributed by atoms with Crippen molar-refractivity contribution in [3.05, 3.63) is 60.7 Å². The van der Waals surface area contributed by atoms with Crippen LogP contribution < -0.4 is 18.3 Å². The molecule has 0 heterocycles. The summed E-state index contributed by atoms with van der Waals surface area (Å²) in [5, 5.41) is 22.8. The Labute approximate surface area is 294 Å². The molecule has 8 heteroatoms. The molecular weight excluding hydrogens is 633 g/mol. The van der Waals surface area contributed by atoms with Crippen molar-refractivity contribution in [1.29, 1.82) is 0 Å². The van der Waals surface area contributed by atoms with Crippen LogP contribution in [0.15, 0.2) is 49.6 Å². The Morgan fingerprint density at radius 3 is 1.23 bits per heavy atom. The number of allylic oxidation sites excluding steroid dienone is 2. The van der Waals surface area contributed by atoms with Gasteiger partial charge in [0, 0.05) is 11.1 Å². The summed E-state index contributed by atoms with van der Waals surface area (Å²) in [4.78, 5) is 0. The molecule has 0 bridgehead atoms. The van der Waals surface area contributed by atoms with Gasteiger partial charge in [0.1, 0.15) is 0 Å². The van der Waals surface area contributed by atoms with Crippen molar-refractivity contribution in [1.82, 2.24) is 0 Å². The molecule has 2 unspecified atom stereocenters. The van der Waals surface area contributed by atoms with Gasteiger partial charge in [-0.05, 0) is 110 Å². The number of unbranched alkanes of at least 4 members (excludes halogenated alkanes) is 4. The van der Waals surface area contributed by atoms with Crippen molar-refractivity contribution in [2.75, 3.05) is 14.2 Å². The van der Waals surface area contributed by atoms with Gasteiger partial charge in [0.05, 0.1) is 26.4 Å². The molecule has 0 fully saturated rings. The smallest absolute Gasteiger partial charge is 0.250 e. The van der Waals surface area contributed by atoms with Crippen LogP contribution in [0.25, 0.3) is 11.1 Å². The first-order valence-corrected chi connectivity index (χ1v) is 23.5. The third-order valence-corrected chi connectivity index (χ3v) is 18.9. The van der Waals surface area contributed by atoms with Gasteiger partial charge in [-0.1, -0.05) is 66.5 Å². The lowest BCUT2D eigenvalue weighted by Crippen LogP contribution is -2.44. The lowest BCUT2D eigenvalue weighted by atomic mass is 9.93. The SMILES string of the molecule is C=CCCCCC(O)c1cc(OC)c(O[Si](C)(C)C(C)(C)C)c(-c2cc(C(O)CCCCC=C)cc(OC)c2O[Si](C)(C)C(C)(C)C)c1. The van der Waals surface area contributed by atoms with Gasteiger partial charge < -0.3 is 28.5 Å². The van der Waals surface area contributed by atoms with Crippen LogP contribution in [-0.4, -0.2) is 41.1 Å². The fourth-order valence-electron chi connectivity index (χ4n) is 4.95. The first-order valence-electron chi connectivity index (χ1n) is 17.6. The largest absolute Gasteiger partial charge is 0.541 e. The van der Waals surface area contributed by atoms with Crippen molar-refractivity contribution in [2.24, 2.45) is 0 Å². The summed E-state index contributed by atoms with van der Waals surface area (Å²) in [7, 11) is -1.47. The fraction of sp³-hybridized carbons (Fsp3) is 0.600. The zero-order valence-corrected chi connectivity index (χ0v) is 34.2. The Morgan fingerprint density at radius 2 is 0.958 bits per heavy atom. The van der Waals surface area contributed by atoms with Crippen LogP contribution in [0.3, 0.4) is 0 Å². The Balaban J connectivity index is 3.02. The van der Waals surface area contributed by atoms with E-state index in [9.17, 15) is 10.2 Å². The average molecular weight is 699 g/mol. The van der Waals surface area contributed by atoms with Gasteiger partial charge in [0.15, 0.2) is 23.0 Å². The van der Waals surface area contributed by atoms with Crippen LogP contribution in [0.5, 0.6) is 23.0 Å². The van der Waals surface area contributed by atoms with E-state index in [1.807, 2.05) is 36.4 Å². The van der Waals surface area contributed by atoms with E-state index in [-0.39, 0.29) is 10.1 Å². The van der Waals surface area contributed by atoms with E-state index in [0.29, 0.717) is 35.8 Å². The molecule has 0 aliphatic carbocycles. The molecule has 48 heavy (non-hydrogen) atoms. The molecule has 2 aromatic rings. The van der Waals surface area contributed by atoms with E-state index >= 15 is 0 Å². The van der Waals surface area contributed by atoms with Crippen molar-refractivity contribution >= 4 is 16.6 Å². The number of hydrogen-bond donors (Lipinski definition) is 2. The quantitative estimate of drug-likeness (QED) is 0.0864. The molecule has 0 aliphatic rings. The van der Waals surface area contributed by atoms with E-state index in [0.717, 1.165) is 60.8 Å². The first kappa shape index (κ1) is 41.6. The molecule has 2 atom stereocenters. The zero-order chi connectivity index (χ0) is 36.5. The molecule has 0 radical (unpaired) electrons. The number of aliphatic hydroxyl groups excluding tert-OH is 2. The van der Waals surface area contributed by atoms with Crippen LogP contribution >= 0.6 is 0 Å². The molecule has 0 saturated carbocycles. The predicted molar refractivity (Wildman–Crippen MR) is 208 cm³/mol. The van der Waals surface area contributed by atoms with E-state index in [4.69, 9.17) is 18.3 Å². The summed E-state index contributed by atoms with van der Waals surface area (Å²) in [6.45, 7) is 29.8. The molecule has 0 saturated heterocycles. The van der Waals surface area contributed by atoms with Crippen molar-refractivity contribution < 1.29 is 28.5 Å². The highest BCUT2D eigenvalue weighted by atomic mass is 28.4. The summed E-state index contributed by atoms with van der Waals surface area (Å²) in [5.41, 5.74) is 3.00. The van der Waals surface area contributed by atoms with Crippen molar-refractivity contribution in [3.8, 4) is 34.1 Å². The topological polar surface area (TPSA) is 77.4 Å². The number of methoxy groups -OCH3 is 2. The van der Waals surface area contributed by atoms with E-state index in [2.05, 4.69) is 80.9 Å². The van der Waals surface area contributed by atoms with Gasteiger partial charge in [0.2, 0.25) is 0 Å². The number of ether oxygens (including phenoxy) is 2. The van der Waals surface area contributed by atoms with Gasteiger partial charge >= 0.3 is 0 Å². The Bertz CT molecular complexity index is 1250. The Kier molecular flexibility index (Phi) is 15.1. The van der Waals surface area contributed by atoms with Gasteiger partial charge in [0.25, 0.3) is 16.6 Å². The molecule has 270 valence electrons. The van der Waals surface area contributed by atoms with Crippen LogP contribution in [-0.2, 0) is 0 Å². The summed E-state index contributed by atoms with van der Waals surface area (Å²) in [6.07, 6.45) is 9.15. The maximum Gasteiger partial charge on any atom is 0.250 e. The van der Waals surface area contributed by atoms with Gasteiger partial charge in [-0.15, -0.1) is 13.2 Å². The minimum absolute atomic E-state index is 0.0831. The lowest BCUT2D eigenvalue weighted by molar-refractivity contribution is 0.163. The monoisotopic (exact) mass is 698 g/mol. The zero-order valence-electron chi connectivity index (χ0n) is 32.2. The highest BCUT2D eigenvalue weighted by Crippen LogP contribution is 2.52. The molecule has 2 aromatic carbocycles. The summed E-state index contributed by atoms with van der Waals surface area (Å²) in [5.74, 6) is 2.35. The van der Waals surface area contributed by atoms with Gasteiger partial charge in [-0.25, -0.2) is 0 Å². The maximum atomic E-state index is 11.5. The molecule has 0 amide bonds. The highest BCUT2D eigenvalue weighted by Gasteiger charge is 2.42. The minimum atomic E-state index is -2.38. The Morgan fingerprint density at radius 1 is 0.625 bits per heavy atom. The van der Waals surface area contributed by atoms with E-state index in [1.165, 1.54) is 0 Å². The molecule has 0 aliphatic heterocycles. The molecule has 2 rings (SSSR count). The summed E-state index contributed by atoms with van der Waals surface area (Å²) in [6, 6.07) is 7.87. The van der Waals surface area contributed by atoms with E-state index < -0.39 is 28.8 Å². The predicted octanol–water partition coefficient (Wildman–Crippen LogP) is 11.7. The maximum absolute atomic E-state index is 11.5. The lowest BCUT2D eigenvalue weighted by Gasteiger charge is -2.39. The van der Waals surface area contributed by atoms with E-state index in [1.54, 1.807) is 14.2 Å². The summed E-state index contributed by atoms with van der Waals surface area (Å²) >= 11 is 0. The molecule has 0 spiro atoms. The van der Waals surface area contributed by atoms with Crippen molar-refractivity contribution in [2.45, 2.75) is 141 Å². The number of hydrogen-bond acceptors (Lipinski definition) is 6. The molecule has 2 N–H and O–H groups in total. The second kappa shape index (κ2) is 17.4. The second-order valence-corrected chi connectivity index (χ2v) is 25.6. The third-order valence-electron chi connectivity index (χ3n) is 10.3. The van der Waals surface area contributed by atoms with Crippen LogP contribution in [0.2, 0.25) is 36.3 Å². The highest BCUT2D eigenvalue weighted by molar-refractivity contribution is 6.75. The fourth-order valence-corrected chi connectivity index (χ4v) is 7.00. The standard InChI is InChI=1S/C40H66O6Si2/c1-15-17-19-21-23-33(41)29-25-31(37(35(27-29)43-9)45-47(11,12)39(3,4)5)32-26-30(34(42)24-22-20-18-16-2)28-36(44-10)38(32)46-48(13,14)40(6,7)8/h15-16,25-28,33-34,41-42H,1-2,17-24H2,3-14H3. The average Bonchev–Trinajstić information content (AvgIpc) is 2.99. The normalized spacial score (nSPS) is 13.9. The number of aliphatic hydroxyl groups is 2. The first-order chi connectivity index (χ1) is 22.2.